The van der Waals surface area contributed by atoms with Crippen molar-refractivity contribution in [3.63, 3.8) is 0 Å². The van der Waals surface area contributed by atoms with E-state index in [9.17, 15) is 5.11 Å². The van der Waals surface area contributed by atoms with Crippen LogP contribution in [-0.2, 0) is 0 Å². The van der Waals surface area contributed by atoms with E-state index in [1.807, 2.05) is 7.05 Å². The first-order valence-electron chi connectivity index (χ1n) is 5.00. The molecule has 1 aliphatic rings. The number of hydrogen-bond acceptors (Lipinski definition) is 2. The SMILES string of the molecule is CN[C@@H](C(C)C)C1(O)CCCC1.S. The largest absolute Gasteiger partial charge is 0.388 e. The molecule has 0 amide bonds. The third kappa shape index (κ3) is 2.86. The van der Waals surface area contributed by atoms with E-state index >= 15 is 0 Å². The maximum absolute atomic E-state index is 10.3. The molecule has 0 unspecified atom stereocenters. The van der Waals surface area contributed by atoms with Crippen LogP contribution in [-0.4, -0.2) is 23.8 Å². The molecule has 2 nitrogen and oxygen atoms in total. The highest BCUT2D eigenvalue weighted by atomic mass is 32.1. The zero-order chi connectivity index (χ0) is 9.19. The monoisotopic (exact) mass is 205 g/mol. The summed E-state index contributed by atoms with van der Waals surface area (Å²) < 4.78 is 0. The van der Waals surface area contributed by atoms with Crippen molar-refractivity contribution in [3.05, 3.63) is 0 Å². The van der Waals surface area contributed by atoms with E-state index in [2.05, 4.69) is 19.2 Å². The predicted octanol–water partition coefficient (Wildman–Crippen LogP) is 1.65. The molecule has 1 atom stereocenters. The number of aliphatic hydroxyl groups is 1. The number of likely N-dealkylation sites (N-methyl/N-ethyl adjacent to an activating group) is 1. The minimum absolute atomic E-state index is 0. The van der Waals surface area contributed by atoms with Gasteiger partial charge in [0.05, 0.1) is 5.60 Å². The Morgan fingerprint density at radius 2 is 1.69 bits per heavy atom. The third-order valence-corrected chi connectivity index (χ3v) is 3.03. The van der Waals surface area contributed by atoms with E-state index in [-0.39, 0.29) is 19.5 Å². The lowest BCUT2D eigenvalue weighted by Crippen LogP contribution is -2.50. The molecule has 2 N–H and O–H groups in total. The van der Waals surface area contributed by atoms with Crippen LogP contribution in [0.3, 0.4) is 0 Å². The molecule has 1 aliphatic carbocycles. The van der Waals surface area contributed by atoms with Gasteiger partial charge in [0, 0.05) is 6.04 Å². The zero-order valence-electron chi connectivity index (χ0n) is 8.93. The Morgan fingerprint density at radius 3 is 2.00 bits per heavy atom. The van der Waals surface area contributed by atoms with E-state index < -0.39 is 5.60 Å². The fraction of sp³-hybridized carbons (Fsp3) is 1.00. The summed E-state index contributed by atoms with van der Waals surface area (Å²) in [5, 5.41) is 13.5. The molecule has 0 radical (unpaired) electrons. The maximum atomic E-state index is 10.3. The van der Waals surface area contributed by atoms with Gasteiger partial charge in [-0.05, 0) is 25.8 Å². The Balaban J connectivity index is 0.00000144. The molecule has 0 heterocycles. The summed E-state index contributed by atoms with van der Waals surface area (Å²) in [6, 6.07) is 0.264. The second-order valence-corrected chi connectivity index (χ2v) is 4.32. The van der Waals surface area contributed by atoms with Gasteiger partial charge < -0.3 is 10.4 Å². The first-order valence-corrected chi connectivity index (χ1v) is 5.00. The summed E-state index contributed by atoms with van der Waals surface area (Å²) in [6.07, 6.45) is 4.30. The van der Waals surface area contributed by atoms with Crippen molar-refractivity contribution in [2.75, 3.05) is 7.05 Å². The van der Waals surface area contributed by atoms with Gasteiger partial charge in [0.15, 0.2) is 0 Å². The van der Waals surface area contributed by atoms with Gasteiger partial charge in [-0.15, -0.1) is 0 Å². The Bertz CT molecular complexity index is 144. The molecule has 0 aromatic heterocycles. The molecule has 13 heavy (non-hydrogen) atoms. The second kappa shape index (κ2) is 5.23. The Hall–Kier alpha value is 0.270. The van der Waals surface area contributed by atoms with Gasteiger partial charge in [0.2, 0.25) is 0 Å². The van der Waals surface area contributed by atoms with Crippen molar-refractivity contribution in [1.29, 1.82) is 0 Å². The molecule has 3 heteroatoms. The Labute approximate surface area is 88.6 Å². The molecule has 0 aromatic carbocycles. The van der Waals surface area contributed by atoms with Crippen LogP contribution in [0.4, 0.5) is 0 Å². The van der Waals surface area contributed by atoms with Crippen molar-refractivity contribution in [2.24, 2.45) is 5.92 Å². The fourth-order valence-corrected chi connectivity index (χ4v) is 2.52. The highest BCUT2D eigenvalue weighted by molar-refractivity contribution is 7.59. The van der Waals surface area contributed by atoms with Gasteiger partial charge in [0.25, 0.3) is 0 Å². The standard InChI is InChI=1S/C10H21NO.H2S/c1-8(2)9(11-3)10(12)6-4-5-7-10;/h8-9,11-12H,4-7H2,1-3H3;1H2/t9-;/m0./s1. The number of rotatable bonds is 3. The van der Waals surface area contributed by atoms with E-state index in [1.165, 1.54) is 12.8 Å². The van der Waals surface area contributed by atoms with Crippen LogP contribution in [0.2, 0.25) is 0 Å². The van der Waals surface area contributed by atoms with Gasteiger partial charge in [0.1, 0.15) is 0 Å². The molecule has 80 valence electrons. The maximum Gasteiger partial charge on any atom is 0.0802 e. The van der Waals surface area contributed by atoms with E-state index in [1.54, 1.807) is 0 Å². The van der Waals surface area contributed by atoms with E-state index in [0.29, 0.717) is 5.92 Å². The molecule has 0 saturated heterocycles. The smallest absolute Gasteiger partial charge is 0.0802 e. The summed E-state index contributed by atoms with van der Waals surface area (Å²) in [7, 11) is 1.95. The van der Waals surface area contributed by atoms with Crippen LogP contribution in [0.15, 0.2) is 0 Å². The Morgan fingerprint density at radius 1 is 1.23 bits per heavy atom. The van der Waals surface area contributed by atoms with Crippen molar-refractivity contribution < 1.29 is 5.11 Å². The van der Waals surface area contributed by atoms with Gasteiger partial charge >= 0.3 is 0 Å². The summed E-state index contributed by atoms with van der Waals surface area (Å²) in [4.78, 5) is 0. The van der Waals surface area contributed by atoms with Crippen LogP contribution in [0.25, 0.3) is 0 Å². The lowest BCUT2D eigenvalue weighted by molar-refractivity contribution is -0.00507. The number of hydrogen-bond donors (Lipinski definition) is 2. The molecular weight excluding hydrogens is 182 g/mol. The van der Waals surface area contributed by atoms with Gasteiger partial charge in [-0.3, -0.25) is 0 Å². The van der Waals surface area contributed by atoms with Gasteiger partial charge in [-0.25, -0.2) is 0 Å². The summed E-state index contributed by atoms with van der Waals surface area (Å²) in [5.74, 6) is 0.512. The highest BCUT2D eigenvalue weighted by Gasteiger charge is 2.39. The van der Waals surface area contributed by atoms with Gasteiger partial charge in [-0.2, -0.15) is 13.5 Å². The zero-order valence-corrected chi connectivity index (χ0v) is 9.93. The predicted molar refractivity (Wildman–Crippen MR) is 61.5 cm³/mol. The van der Waals surface area contributed by atoms with E-state index in [0.717, 1.165) is 12.8 Å². The highest BCUT2D eigenvalue weighted by Crippen LogP contribution is 2.34. The van der Waals surface area contributed by atoms with Crippen LogP contribution < -0.4 is 5.32 Å². The second-order valence-electron chi connectivity index (χ2n) is 4.32. The lowest BCUT2D eigenvalue weighted by atomic mass is 9.85. The molecule has 0 aliphatic heterocycles. The molecule has 0 spiro atoms. The molecule has 1 rings (SSSR count). The minimum atomic E-state index is -0.428. The normalized spacial score (nSPS) is 22.8. The van der Waals surface area contributed by atoms with E-state index in [4.69, 9.17) is 0 Å². The molecule has 0 aromatic rings. The van der Waals surface area contributed by atoms with Crippen LogP contribution in [0.5, 0.6) is 0 Å². The fourth-order valence-electron chi connectivity index (χ4n) is 2.52. The average Bonchev–Trinajstić information content (AvgIpc) is 2.37. The molecule has 0 bridgehead atoms. The summed E-state index contributed by atoms with van der Waals surface area (Å²) in [5.41, 5.74) is -0.428. The molecular formula is C10H23NOS. The number of nitrogens with one attached hydrogen (secondary N) is 1. The summed E-state index contributed by atoms with van der Waals surface area (Å²) >= 11 is 0. The van der Waals surface area contributed by atoms with Crippen molar-refractivity contribution in [1.82, 2.24) is 5.32 Å². The first-order chi connectivity index (χ1) is 5.60. The van der Waals surface area contributed by atoms with Crippen LogP contribution in [0, 0.1) is 5.92 Å². The van der Waals surface area contributed by atoms with Crippen molar-refractivity contribution in [2.45, 2.75) is 51.2 Å². The topological polar surface area (TPSA) is 32.3 Å². The first kappa shape index (κ1) is 13.3. The quantitative estimate of drug-likeness (QED) is 0.734. The lowest BCUT2D eigenvalue weighted by Gasteiger charge is -2.35. The van der Waals surface area contributed by atoms with Crippen LogP contribution >= 0.6 is 13.5 Å². The third-order valence-electron chi connectivity index (χ3n) is 3.03. The average molecular weight is 205 g/mol. The van der Waals surface area contributed by atoms with Crippen molar-refractivity contribution >= 4 is 13.5 Å². The van der Waals surface area contributed by atoms with Crippen LogP contribution in [0.1, 0.15) is 39.5 Å². The Kier molecular flexibility index (Phi) is 5.33. The summed E-state index contributed by atoms with van der Waals surface area (Å²) in [6.45, 7) is 4.33. The minimum Gasteiger partial charge on any atom is -0.388 e. The van der Waals surface area contributed by atoms with Gasteiger partial charge in [-0.1, -0.05) is 26.7 Å². The molecule has 1 saturated carbocycles. The van der Waals surface area contributed by atoms with Crippen molar-refractivity contribution in [3.8, 4) is 0 Å². The molecule has 1 fully saturated rings.